The fourth-order valence-electron chi connectivity index (χ4n) is 11.1. The second-order valence-electron chi connectivity index (χ2n) is 16.1. The Morgan fingerprint density at radius 3 is 2.62 bits per heavy atom. The maximum atomic E-state index is 13.5. The van der Waals surface area contributed by atoms with Gasteiger partial charge in [0.05, 0.1) is 30.2 Å². The van der Waals surface area contributed by atoms with Crippen LogP contribution in [0.5, 0.6) is 0 Å². The number of carbonyl (C=O) groups is 3. The summed E-state index contributed by atoms with van der Waals surface area (Å²) in [7, 11) is 0. The standard InChI is InChI=1S/C36H49N7O9/c1-20(4-11-31(46)50-17-16-38-42-37)24-7-8-25-23-6-5-21-18-22(12-14-35(21,2)26(23)13-15-36(24,25)3)51-34(47)28(19-30(44)45)39-27-9-10-29(43(48)49)33-32(27)40-52-41-33/h9-10,20-26,28,39H,4-8,11-19H2,1-3H3,(H,44,45)/t20?,21-,22-,23+,24?,25+,26+,28?,35+,36-/m1/s1. The Morgan fingerprint density at radius 1 is 1.12 bits per heavy atom. The number of fused-ring (bicyclic) bond motifs is 6. The van der Waals surface area contributed by atoms with Crippen LogP contribution >= 0.6 is 0 Å². The Hall–Kier alpha value is -4.46. The van der Waals surface area contributed by atoms with Crippen molar-refractivity contribution in [3.63, 3.8) is 0 Å². The van der Waals surface area contributed by atoms with Crippen LogP contribution in [-0.2, 0) is 23.9 Å². The fraction of sp³-hybridized carbons (Fsp3) is 0.750. The van der Waals surface area contributed by atoms with Gasteiger partial charge in [-0.1, -0.05) is 25.9 Å². The number of hydrogen-bond acceptors (Lipinski definition) is 12. The van der Waals surface area contributed by atoms with Gasteiger partial charge in [-0.3, -0.25) is 19.7 Å². The van der Waals surface area contributed by atoms with Gasteiger partial charge in [0.25, 0.3) is 0 Å². The van der Waals surface area contributed by atoms with Crippen LogP contribution < -0.4 is 5.32 Å². The van der Waals surface area contributed by atoms with Gasteiger partial charge in [0, 0.05) is 17.4 Å². The Kier molecular flexibility index (Phi) is 10.9. The van der Waals surface area contributed by atoms with E-state index in [4.69, 9.17) is 19.6 Å². The predicted molar refractivity (Wildman–Crippen MR) is 187 cm³/mol. The largest absolute Gasteiger partial charge is 0.481 e. The van der Waals surface area contributed by atoms with Crippen LogP contribution in [0, 0.1) is 56.5 Å². The van der Waals surface area contributed by atoms with Gasteiger partial charge in [-0.05, 0) is 132 Å². The number of carbonyl (C=O) groups excluding carboxylic acids is 2. The normalized spacial score (nSPS) is 31.9. The molecular formula is C36H49N7O9. The molecule has 282 valence electrons. The molecule has 0 radical (unpaired) electrons. The van der Waals surface area contributed by atoms with Crippen LogP contribution in [0.25, 0.3) is 21.5 Å². The third kappa shape index (κ3) is 7.26. The van der Waals surface area contributed by atoms with Gasteiger partial charge in [0.2, 0.25) is 5.52 Å². The third-order valence-corrected chi connectivity index (χ3v) is 13.6. The number of azide groups is 1. The molecule has 0 saturated heterocycles. The van der Waals surface area contributed by atoms with Gasteiger partial charge in [0.15, 0.2) is 5.52 Å². The molecular weight excluding hydrogens is 674 g/mol. The van der Waals surface area contributed by atoms with E-state index in [0.717, 1.165) is 32.1 Å². The van der Waals surface area contributed by atoms with Gasteiger partial charge >= 0.3 is 23.6 Å². The van der Waals surface area contributed by atoms with E-state index in [1.54, 1.807) is 0 Å². The number of nitrogens with zero attached hydrogens (tertiary/aromatic N) is 6. The smallest absolute Gasteiger partial charge is 0.329 e. The number of non-ortho nitro benzene ring substituents is 1. The van der Waals surface area contributed by atoms with E-state index in [1.807, 2.05) is 0 Å². The minimum Gasteiger partial charge on any atom is -0.481 e. The van der Waals surface area contributed by atoms with Gasteiger partial charge < -0.3 is 19.9 Å². The molecule has 0 spiro atoms. The molecule has 0 bridgehead atoms. The van der Waals surface area contributed by atoms with E-state index >= 15 is 0 Å². The lowest BCUT2D eigenvalue weighted by atomic mass is 9.44. The molecule has 0 aliphatic heterocycles. The third-order valence-electron chi connectivity index (χ3n) is 13.6. The predicted octanol–water partition coefficient (Wildman–Crippen LogP) is 7.23. The van der Waals surface area contributed by atoms with Crippen molar-refractivity contribution in [2.75, 3.05) is 18.5 Å². The number of hydrogen-bond donors (Lipinski definition) is 2. The molecule has 1 aromatic heterocycles. The van der Waals surface area contributed by atoms with Crippen LogP contribution in [0.2, 0.25) is 0 Å². The molecule has 4 saturated carbocycles. The number of nitrogens with one attached hydrogen (secondary N) is 1. The summed E-state index contributed by atoms with van der Waals surface area (Å²) < 4.78 is 16.0. The first-order valence-electron chi connectivity index (χ1n) is 18.6. The van der Waals surface area contributed by atoms with Crippen molar-refractivity contribution in [1.29, 1.82) is 0 Å². The second-order valence-corrected chi connectivity index (χ2v) is 16.1. The number of nitro benzene ring substituents is 1. The Morgan fingerprint density at radius 2 is 1.87 bits per heavy atom. The number of esters is 2. The first-order chi connectivity index (χ1) is 24.9. The Bertz CT molecular complexity index is 1730. The molecule has 1 heterocycles. The fourth-order valence-corrected chi connectivity index (χ4v) is 11.1. The van der Waals surface area contributed by atoms with Crippen molar-refractivity contribution in [2.24, 2.45) is 51.5 Å². The number of aliphatic carboxylic acids is 1. The number of carboxylic acid groups (broad SMARTS) is 1. The number of aromatic nitrogens is 2. The number of rotatable bonds is 14. The van der Waals surface area contributed by atoms with Crippen molar-refractivity contribution >= 4 is 40.3 Å². The lowest BCUT2D eigenvalue weighted by Crippen LogP contribution is -2.54. The van der Waals surface area contributed by atoms with Gasteiger partial charge in [-0.15, -0.1) is 0 Å². The maximum absolute atomic E-state index is 13.5. The summed E-state index contributed by atoms with van der Waals surface area (Å²) in [5.74, 6) is 1.14. The highest BCUT2D eigenvalue weighted by molar-refractivity contribution is 5.95. The quantitative estimate of drug-likeness (QED) is 0.0374. The molecule has 16 nitrogen and oxygen atoms in total. The molecule has 0 amide bonds. The van der Waals surface area contributed by atoms with Crippen LogP contribution in [0.4, 0.5) is 11.4 Å². The molecule has 4 fully saturated rings. The van der Waals surface area contributed by atoms with Crippen molar-refractivity contribution in [3.8, 4) is 0 Å². The first kappa shape index (κ1) is 37.3. The topological polar surface area (TPSA) is 233 Å². The minimum atomic E-state index is -1.24. The monoisotopic (exact) mass is 723 g/mol. The Labute approximate surface area is 301 Å². The summed E-state index contributed by atoms with van der Waals surface area (Å²) >= 11 is 0. The highest BCUT2D eigenvalue weighted by Gasteiger charge is 2.60. The van der Waals surface area contributed by atoms with E-state index < -0.39 is 29.3 Å². The first-order valence-corrected chi connectivity index (χ1v) is 18.6. The number of carboxylic acids is 1. The lowest BCUT2D eigenvalue weighted by molar-refractivity contribution is -0.383. The van der Waals surface area contributed by atoms with Crippen molar-refractivity contribution in [3.05, 3.63) is 32.7 Å². The molecule has 4 aliphatic carbocycles. The molecule has 3 unspecified atom stereocenters. The highest BCUT2D eigenvalue weighted by atomic mass is 16.6. The minimum absolute atomic E-state index is 0.0225. The summed E-state index contributed by atoms with van der Waals surface area (Å²) in [5, 5.41) is 34.7. The Balaban J connectivity index is 1.06. The molecule has 16 heteroatoms. The highest BCUT2D eigenvalue weighted by Crippen LogP contribution is 2.68. The zero-order valence-electron chi connectivity index (χ0n) is 30.1. The summed E-state index contributed by atoms with van der Waals surface area (Å²) in [6.45, 7) is 7.49. The van der Waals surface area contributed by atoms with Crippen LogP contribution in [0.15, 0.2) is 21.9 Å². The van der Waals surface area contributed by atoms with Gasteiger partial charge in [-0.25, -0.2) is 9.42 Å². The van der Waals surface area contributed by atoms with Crippen molar-refractivity contribution in [1.82, 2.24) is 10.3 Å². The van der Waals surface area contributed by atoms with E-state index in [0.29, 0.717) is 48.3 Å². The average molecular weight is 724 g/mol. The lowest BCUT2D eigenvalue weighted by Gasteiger charge is -2.61. The SMILES string of the molecule is CC(CCC(=O)OCCN=[N+]=[N-])C1CC[C@H]2[C@@H]3CC[C@@H]4C[C@H](OC(=O)C(CC(=O)O)Nc5ccc([N+](=O)[O-])c6nonc56)CC[C@]4(C)[C@H]3CC[C@]12C. The number of nitro groups is 1. The van der Waals surface area contributed by atoms with Crippen LogP contribution in [0.3, 0.4) is 0 Å². The molecule has 1 aromatic carbocycles. The van der Waals surface area contributed by atoms with E-state index in [9.17, 15) is 29.6 Å². The van der Waals surface area contributed by atoms with Gasteiger partial charge in [-0.2, -0.15) is 0 Å². The molecule has 4 aliphatic rings. The number of benzene rings is 1. The van der Waals surface area contributed by atoms with Crippen molar-refractivity contribution < 1.29 is 38.5 Å². The van der Waals surface area contributed by atoms with E-state index in [2.05, 4.69) is 46.4 Å². The second kappa shape index (κ2) is 15.3. The van der Waals surface area contributed by atoms with Crippen LogP contribution in [-0.4, -0.2) is 63.5 Å². The maximum Gasteiger partial charge on any atom is 0.329 e. The summed E-state index contributed by atoms with van der Waals surface area (Å²) in [4.78, 5) is 51.1. The van der Waals surface area contributed by atoms with Crippen molar-refractivity contribution in [2.45, 2.75) is 110 Å². The summed E-state index contributed by atoms with van der Waals surface area (Å²) in [6.07, 6.45) is 9.62. The van der Waals surface area contributed by atoms with Gasteiger partial charge in [0.1, 0.15) is 12.1 Å². The molecule has 10 atom stereocenters. The molecule has 2 N–H and O–H groups in total. The van der Waals surface area contributed by atoms with E-state index in [1.165, 1.54) is 37.8 Å². The number of anilines is 1. The van der Waals surface area contributed by atoms with Crippen LogP contribution in [0.1, 0.15) is 97.8 Å². The molecule has 2 aromatic rings. The number of ether oxygens (including phenoxy) is 2. The zero-order valence-corrected chi connectivity index (χ0v) is 30.1. The average Bonchev–Trinajstić information content (AvgIpc) is 3.74. The summed E-state index contributed by atoms with van der Waals surface area (Å²) in [6, 6.07) is 1.31. The zero-order chi connectivity index (χ0) is 37.2. The van der Waals surface area contributed by atoms with E-state index in [-0.39, 0.29) is 58.5 Å². The summed E-state index contributed by atoms with van der Waals surface area (Å²) in [5.41, 5.74) is 8.57. The molecule has 6 rings (SSSR count). The molecule has 52 heavy (non-hydrogen) atoms.